The number of carbonyl (C=O) groups is 2. The molecule has 2 amide bonds. The minimum atomic E-state index is -0.541. The summed E-state index contributed by atoms with van der Waals surface area (Å²) < 4.78 is 1.20. The number of thiazole rings is 1. The molecule has 28 heavy (non-hydrogen) atoms. The molecule has 0 spiro atoms. The number of hydrogen-bond acceptors (Lipinski definition) is 4. The maximum Gasteiger partial charge on any atom is 0.242 e. The molecule has 2 aromatic carbocycles. The molecule has 1 heterocycles. The quantitative estimate of drug-likeness (QED) is 0.541. The van der Waals surface area contributed by atoms with Crippen molar-refractivity contribution in [2.24, 2.45) is 0 Å². The van der Waals surface area contributed by atoms with E-state index < -0.39 is 6.04 Å². The van der Waals surface area contributed by atoms with Gasteiger partial charge in [-0.3, -0.25) is 9.59 Å². The predicted molar refractivity (Wildman–Crippen MR) is 113 cm³/mol. The second-order valence-corrected chi connectivity index (χ2v) is 7.89. The summed E-state index contributed by atoms with van der Waals surface area (Å²) in [6.07, 6.45) is 2.98. The highest BCUT2D eigenvalue weighted by Gasteiger charge is 2.15. The van der Waals surface area contributed by atoms with E-state index >= 15 is 0 Å². The molecule has 3 aromatic rings. The number of rotatable bonds is 9. The van der Waals surface area contributed by atoms with E-state index in [9.17, 15) is 9.59 Å². The number of amides is 2. The summed E-state index contributed by atoms with van der Waals surface area (Å²) >= 11 is 1.71. The maximum atomic E-state index is 12.1. The van der Waals surface area contributed by atoms with Crippen LogP contribution in [0.5, 0.6) is 0 Å². The molecule has 0 aliphatic rings. The molecule has 0 aliphatic heterocycles. The van der Waals surface area contributed by atoms with Crippen LogP contribution in [-0.2, 0) is 22.6 Å². The second kappa shape index (κ2) is 9.99. The number of aromatic nitrogens is 1. The zero-order valence-corrected chi connectivity index (χ0v) is 16.8. The molecule has 0 saturated heterocycles. The van der Waals surface area contributed by atoms with Crippen molar-refractivity contribution in [1.29, 1.82) is 0 Å². The van der Waals surface area contributed by atoms with Crippen molar-refractivity contribution in [3.63, 3.8) is 0 Å². The number of aryl methyl sites for hydroxylation is 1. The zero-order valence-electron chi connectivity index (χ0n) is 16.0. The van der Waals surface area contributed by atoms with Crippen LogP contribution in [-0.4, -0.2) is 22.8 Å². The van der Waals surface area contributed by atoms with Gasteiger partial charge in [0.25, 0.3) is 0 Å². The molecule has 6 heteroatoms. The number of unbranched alkanes of at least 4 members (excludes halogenated alkanes) is 1. The van der Waals surface area contributed by atoms with Crippen LogP contribution >= 0.6 is 11.3 Å². The Balaban J connectivity index is 1.33. The third-order valence-electron chi connectivity index (χ3n) is 4.46. The molecule has 0 bridgehead atoms. The van der Waals surface area contributed by atoms with Crippen LogP contribution < -0.4 is 10.6 Å². The molecule has 1 atom stereocenters. The summed E-state index contributed by atoms with van der Waals surface area (Å²) in [4.78, 5) is 28.8. The Hall–Kier alpha value is -2.73. The highest BCUT2D eigenvalue weighted by Crippen LogP contribution is 2.22. The van der Waals surface area contributed by atoms with Gasteiger partial charge < -0.3 is 10.6 Å². The van der Waals surface area contributed by atoms with Gasteiger partial charge in [-0.1, -0.05) is 42.5 Å². The molecule has 0 radical (unpaired) electrons. The lowest BCUT2D eigenvalue weighted by molar-refractivity contribution is -0.128. The van der Waals surface area contributed by atoms with Crippen LogP contribution in [0.2, 0.25) is 0 Å². The maximum absolute atomic E-state index is 12.1. The summed E-state index contributed by atoms with van der Waals surface area (Å²) in [6, 6.07) is 17.3. The van der Waals surface area contributed by atoms with E-state index in [-0.39, 0.29) is 11.8 Å². The molecular formula is C22H25N3O2S. The minimum Gasteiger partial charge on any atom is -0.350 e. The van der Waals surface area contributed by atoms with Gasteiger partial charge in [-0.15, -0.1) is 11.3 Å². The Morgan fingerprint density at radius 3 is 2.57 bits per heavy atom. The van der Waals surface area contributed by atoms with Crippen molar-refractivity contribution in [2.75, 3.05) is 0 Å². The average molecular weight is 396 g/mol. The SMILES string of the molecule is CC(NC(=O)CCCCc1nc2ccccc2s1)C(=O)NCc1ccccc1. The van der Waals surface area contributed by atoms with E-state index in [1.807, 2.05) is 48.5 Å². The number of fused-ring (bicyclic) bond motifs is 1. The van der Waals surface area contributed by atoms with Crippen LogP contribution in [0.3, 0.4) is 0 Å². The fourth-order valence-electron chi connectivity index (χ4n) is 2.91. The molecule has 1 aromatic heterocycles. The monoisotopic (exact) mass is 395 g/mol. The molecular weight excluding hydrogens is 370 g/mol. The topological polar surface area (TPSA) is 71.1 Å². The Labute approximate surface area is 169 Å². The van der Waals surface area contributed by atoms with Gasteiger partial charge in [-0.05, 0) is 43.9 Å². The van der Waals surface area contributed by atoms with Crippen LogP contribution in [0, 0.1) is 0 Å². The van der Waals surface area contributed by atoms with Gasteiger partial charge in [0.1, 0.15) is 6.04 Å². The van der Waals surface area contributed by atoms with Gasteiger partial charge in [0.05, 0.1) is 15.2 Å². The summed E-state index contributed by atoms with van der Waals surface area (Å²) in [5.41, 5.74) is 2.07. The lowest BCUT2D eigenvalue weighted by Crippen LogP contribution is -2.44. The van der Waals surface area contributed by atoms with Gasteiger partial charge in [0.2, 0.25) is 11.8 Å². The van der Waals surface area contributed by atoms with E-state index in [2.05, 4.69) is 21.7 Å². The number of carbonyl (C=O) groups excluding carboxylic acids is 2. The highest BCUT2D eigenvalue weighted by atomic mass is 32.1. The number of nitrogens with zero attached hydrogens (tertiary/aromatic N) is 1. The fraction of sp³-hybridized carbons (Fsp3) is 0.318. The van der Waals surface area contributed by atoms with Gasteiger partial charge in [-0.25, -0.2) is 4.98 Å². The third-order valence-corrected chi connectivity index (χ3v) is 5.56. The van der Waals surface area contributed by atoms with Crippen molar-refractivity contribution in [2.45, 2.75) is 45.2 Å². The number of hydrogen-bond donors (Lipinski definition) is 2. The zero-order chi connectivity index (χ0) is 19.8. The summed E-state index contributed by atoms with van der Waals surface area (Å²) in [7, 11) is 0. The molecule has 3 rings (SSSR count). The summed E-state index contributed by atoms with van der Waals surface area (Å²) in [5, 5.41) is 6.72. The molecule has 0 saturated carbocycles. The molecule has 0 aliphatic carbocycles. The summed E-state index contributed by atoms with van der Waals surface area (Å²) in [6.45, 7) is 2.17. The minimum absolute atomic E-state index is 0.0911. The van der Waals surface area contributed by atoms with Crippen LogP contribution in [0.4, 0.5) is 0 Å². The Bertz CT molecular complexity index is 891. The van der Waals surface area contributed by atoms with Gasteiger partial charge in [0.15, 0.2) is 0 Å². The summed E-state index contributed by atoms with van der Waals surface area (Å²) in [5.74, 6) is -0.265. The van der Waals surface area contributed by atoms with E-state index in [1.54, 1.807) is 18.3 Å². The highest BCUT2D eigenvalue weighted by molar-refractivity contribution is 7.18. The standard InChI is InChI=1S/C22H25N3O2S/c1-16(22(27)23-15-17-9-3-2-4-10-17)24-20(26)13-7-8-14-21-25-18-11-5-6-12-19(18)28-21/h2-6,9-12,16H,7-8,13-15H2,1H3,(H,23,27)(H,24,26). The van der Waals surface area contributed by atoms with Gasteiger partial charge >= 0.3 is 0 Å². The van der Waals surface area contributed by atoms with Crippen molar-refractivity contribution < 1.29 is 9.59 Å². The average Bonchev–Trinajstić information content (AvgIpc) is 3.13. The Kier molecular flexibility index (Phi) is 7.14. The first-order chi connectivity index (χ1) is 13.6. The van der Waals surface area contributed by atoms with E-state index in [1.165, 1.54) is 4.70 Å². The first-order valence-electron chi connectivity index (χ1n) is 9.57. The van der Waals surface area contributed by atoms with E-state index in [4.69, 9.17) is 0 Å². The molecule has 5 nitrogen and oxygen atoms in total. The van der Waals surface area contributed by atoms with E-state index in [0.29, 0.717) is 13.0 Å². The lowest BCUT2D eigenvalue weighted by Gasteiger charge is -2.14. The third kappa shape index (κ3) is 5.89. The first-order valence-corrected chi connectivity index (χ1v) is 10.4. The van der Waals surface area contributed by atoms with Gasteiger partial charge in [0, 0.05) is 13.0 Å². The predicted octanol–water partition coefficient (Wildman–Crippen LogP) is 3.83. The normalized spacial score (nSPS) is 11.9. The smallest absolute Gasteiger partial charge is 0.242 e. The molecule has 1 unspecified atom stereocenters. The Morgan fingerprint density at radius 1 is 1.04 bits per heavy atom. The number of nitrogens with one attached hydrogen (secondary N) is 2. The molecule has 2 N–H and O–H groups in total. The van der Waals surface area contributed by atoms with E-state index in [0.717, 1.165) is 35.4 Å². The molecule has 0 fully saturated rings. The van der Waals surface area contributed by atoms with Gasteiger partial charge in [-0.2, -0.15) is 0 Å². The number of para-hydroxylation sites is 1. The molecule has 146 valence electrons. The lowest BCUT2D eigenvalue weighted by atomic mass is 10.2. The second-order valence-electron chi connectivity index (χ2n) is 6.78. The van der Waals surface area contributed by atoms with Crippen LogP contribution in [0.1, 0.15) is 36.8 Å². The van der Waals surface area contributed by atoms with Crippen molar-refractivity contribution in [3.05, 3.63) is 65.2 Å². The van der Waals surface area contributed by atoms with Crippen molar-refractivity contribution in [1.82, 2.24) is 15.6 Å². The number of benzene rings is 2. The van der Waals surface area contributed by atoms with Crippen LogP contribution in [0.25, 0.3) is 10.2 Å². The van der Waals surface area contributed by atoms with Crippen molar-refractivity contribution in [3.8, 4) is 0 Å². The largest absolute Gasteiger partial charge is 0.350 e. The van der Waals surface area contributed by atoms with Crippen LogP contribution in [0.15, 0.2) is 54.6 Å². The fourth-order valence-corrected chi connectivity index (χ4v) is 3.92. The Morgan fingerprint density at radius 2 is 1.79 bits per heavy atom. The van der Waals surface area contributed by atoms with Crippen molar-refractivity contribution >= 4 is 33.4 Å². The first kappa shape index (κ1) is 20.0.